The first-order chi connectivity index (χ1) is 11.1. The maximum absolute atomic E-state index is 12.5. The van der Waals surface area contributed by atoms with Gasteiger partial charge in [-0.25, -0.2) is 4.98 Å². The number of carbonyl (C=O) groups is 1. The monoisotopic (exact) mass is 311 g/mol. The van der Waals surface area contributed by atoms with Crippen LogP contribution in [0.2, 0.25) is 0 Å². The van der Waals surface area contributed by atoms with Gasteiger partial charge in [0.05, 0.1) is 6.20 Å². The molecule has 0 saturated carbocycles. The fourth-order valence-corrected chi connectivity index (χ4v) is 3.87. The van der Waals surface area contributed by atoms with Crippen molar-refractivity contribution >= 4 is 11.7 Å². The maximum Gasteiger partial charge on any atom is 0.228 e. The fraction of sp³-hybridized carbons (Fsp3) is 0.471. The Balaban J connectivity index is 1.45. The SMILES string of the molecule is Cn1cc(CN2CC[C@]3(CC(=O)N(c4ccccn4)C3)C2)cn1. The Morgan fingerprint density at radius 1 is 1.30 bits per heavy atom. The molecule has 1 amide bonds. The van der Waals surface area contributed by atoms with Crippen LogP contribution in [0.5, 0.6) is 0 Å². The summed E-state index contributed by atoms with van der Waals surface area (Å²) in [7, 11) is 1.94. The number of rotatable bonds is 3. The molecule has 4 rings (SSSR count). The highest BCUT2D eigenvalue weighted by Crippen LogP contribution is 2.41. The minimum atomic E-state index is 0.0802. The molecule has 0 aliphatic carbocycles. The minimum Gasteiger partial charge on any atom is -0.298 e. The molecule has 0 unspecified atom stereocenters. The van der Waals surface area contributed by atoms with Crippen LogP contribution in [-0.4, -0.2) is 45.2 Å². The van der Waals surface area contributed by atoms with E-state index in [1.54, 1.807) is 6.20 Å². The first kappa shape index (κ1) is 14.4. The van der Waals surface area contributed by atoms with Crippen LogP contribution in [0, 0.1) is 5.41 Å². The van der Waals surface area contributed by atoms with E-state index in [1.807, 2.05) is 41.0 Å². The summed E-state index contributed by atoms with van der Waals surface area (Å²) in [4.78, 5) is 21.1. The largest absolute Gasteiger partial charge is 0.298 e. The minimum absolute atomic E-state index is 0.0802. The summed E-state index contributed by atoms with van der Waals surface area (Å²) in [5, 5.41) is 4.23. The Labute approximate surface area is 135 Å². The number of hydrogen-bond donors (Lipinski definition) is 0. The predicted molar refractivity (Wildman–Crippen MR) is 86.7 cm³/mol. The molecular weight excluding hydrogens is 290 g/mol. The van der Waals surface area contributed by atoms with Crippen LogP contribution in [0.25, 0.3) is 0 Å². The first-order valence-corrected chi connectivity index (χ1v) is 8.05. The molecule has 23 heavy (non-hydrogen) atoms. The second-order valence-corrected chi connectivity index (χ2v) is 6.83. The van der Waals surface area contributed by atoms with Gasteiger partial charge in [-0.05, 0) is 25.1 Å². The quantitative estimate of drug-likeness (QED) is 0.861. The Morgan fingerprint density at radius 2 is 2.22 bits per heavy atom. The van der Waals surface area contributed by atoms with Gasteiger partial charge in [-0.2, -0.15) is 5.10 Å². The summed E-state index contributed by atoms with van der Waals surface area (Å²) in [5.74, 6) is 0.979. The highest BCUT2D eigenvalue weighted by Gasteiger charge is 2.47. The Morgan fingerprint density at radius 3 is 2.96 bits per heavy atom. The average Bonchev–Trinajstić information content (AvgIpc) is 3.22. The van der Waals surface area contributed by atoms with Crippen LogP contribution >= 0.6 is 0 Å². The zero-order chi connectivity index (χ0) is 15.9. The Kier molecular flexibility index (Phi) is 3.41. The third kappa shape index (κ3) is 2.74. The van der Waals surface area contributed by atoms with Gasteiger partial charge < -0.3 is 0 Å². The van der Waals surface area contributed by atoms with Gasteiger partial charge in [0.1, 0.15) is 5.82 Å². The lowest BCUT2D eigenvalue weighted by atomic mass is 9.86. The van der Waals surface area contributed by atoms with Crippen molar-refractivity contribution in [2.45, 2.75) is 19.4 Å². The van der Waals surface area contributed by atoms with Gasteiger partial charge in [0.25, 0.3) is 0 Å². The van der Waals surface area contributed by atoms with Crippen molar-refractivity contribution in [2.75, 3.05) is 24.5 Å². The number of amides is 1. The van der Waals surface area contributed by atoms with E-state index >= 15 is 0 Å². The summed E-state index contributed by atoms with van der Waals surface area (Å²) in [5.41, 5.74) is 1.31. The molecule has 0 radical (unpaired) electrons. The molecule has 6 nitrogen and oxygen atoms in total. The van der Waals surface area contributed by atoms with E-state index in [-0.39, 0.29) is 11.3 Å². The number of anilines is 1. The highest BCUT2D eigenvalue weighted by atomic mass is 16.2. The molecule has 2 saturated heterocycles. The van der Waals surface area contributed by atoms with Crippen molar-refractivity contribution in [3.63, 3.8) is 0 Å². The number of aryl methyl sites for hydroxylation is 1. The van der Waals surface area contributed by atoms with Crippen LogP contribution in [-0.2, 0) is 18.4 Å². The van der Waals surface area contributed by atoms with Crippen LogP contribution in [0.15, 0.2) is 36.8 Å². The van der Waals surface area contributed by atoms with Gasteiger partial charge in [0, 0.05) is 56.5 Å². The van der Waals surface area contributed by atoms with Crippen molar-refractivity contribution < 1.29 is 4.79 Å². The fourth-order valence-electron chi connectivity index (χ4n) is 3.87. The first-order valence-electron chi connectivity index (χ1n) is 8.05. The zero-order valence-electron chi connectivity index (χ0n) is 13.4. The molecule has 0 N–H and O–H groups in total. The van der Waals surface area contributed by atoms with Crippen molar-refractivity contribution in [3.05, 3.63) is 42.4 Å². The molecule has 2 aromatic heterocycles. The average molecular weight is 311 g/mol. The summed E-state index contributed by atoms with van der Waals surface area (Å²) >= 11 is 0. The third-order valence-electron chi connectivity index (χ3n) is 4.93. The topological polar surface area (TPSA) is 54.3 Å². The predicted octanol–water partition coefficient (Wildman–Crippen LogP) is 1.44. The lowest BCUT2D eigenvalue weighted by Crippen LogP contribution is -2.31. The highest BCUT2D eigenvalue weighted by molar-refractivity contribution is 5.95. The second-order valence-electron chi connectivity index (χ2n) is 6.83. The number of carbonyl (C=O) groups excluding carboxylic acids is 1. The number of nitrogens with zero attached hydrogens (tertiary/aromatic N) is 5. The Hall–Kier alpha value is -2.21. The third-order valence-corrected chi connectivity index (χ3v) is 4.93. The van der Waals surface area contributed by atoms with E-state index in [2.05, 4.69) is 21.2 Å². The van der Waals surface area contributed by atoms with E-state index in [0.717, 1.165) is 38.4 Å². The van der Waals surface area contributed by atoms with Gasteiger partial charge in [0.15, 0.2) is 0 Å². The molecular formula is C17H21N5O. The Bertz CT molecular complexity index is 713. The van der Waals surface area contributed by atoms with Crippen molar-refractivity contribution in [1.29, 1.82) is 0 Å². The summed E-state index contributed by atoms with van der Waals surface area (Å²) in [6, 6.07) is 5.73. The van der Waals surface area contributed by atoms with Crippen molar-refractivity contribution in [3.8, 4) is 0 Å². The van der Waals surface area contributed by atoms with Crippen molar-refractivity contribution in [2.24, 2.45) is 12.5 Å². The van der Waals surface area contributed by atoms with Crippen molar-refractivity contribution in [1.82, 2.24) is 19.7 Å². The van der Waals surface area contributed by atoms with Gasteiger partial charge in [-0.3, -0.25) is 19.3 Å². The van der Waals surface area contributed by atoms with Crippen LogP contribution in [0.3, 0.4) is 0 Å². The number of pyridine rings is 1. The van der Waals surface area contributed by atoms with E-state index in [0.29, 0.717) is 6.42 Å². The molecule has 0 bridgehead atoms. The number of hydrogen-bond acceptors (Lipinski definition) is 4. The van der Waals surface area contributed by atoms with E-state index in [9.17, 15) is 4.79 Å². The smallest absolute Gasteiger partial charge is 0.228 e. The van der Waals surface area contributed by atoms with Gasteiger partial charge in [0.2, 0.25) is 5.91 Å². The van der Waals surface area contributed by atoms with E-state index < -0.39 is 0 Å². The summed E-state index contributed by atoms with van der Waals surface area (Å²) in [6.45, 7) is 3.70. The second kappa shape index (κ2) is 5.45. The lowest BCUT2D eigenvalue weighted by Gasteiger charge is -2.23. The molecule has 4 heterocycles. The maximum atomic E-state index is 12.5. The molecule has 120 valence electrons. The summed E-state index contributed by atoms with van der Waals surface area (Å²) in [6.07, 6.45) is 7.43. The molecule has 1 atom stereocenters. The lowest BCUT2D eigenvalue weighted by molar-refractivity contribution is -0.117. The van der Waals surface area contributed by atoms with E-state index in [1.165, 1.54) is 5.56 Å². The molecule has 2 aliphatic heterocycles. The molecule has 2 aromatic rings. The number of likely N-dealkylation sites (tertiary alicyclic amines) is 1. The molecule has 0 aromatic carbocycles. The normalized spacial score (nSPS) is 24.9. The van der Waals surface area contributed by atoms with Crippen LogP contribution in [0.1, 0.15) is 18.4 Å². The zero-order valence-corrected chi connectivity index (χ0v) is 13.4. The summed E-state index contributed by atoms with van der Waals surface area (Å²) < 4.78 is 1.84. The molecule has 6 heteroatoms. The van der Waals surface area contributed by atoms with Gasteiger partial charge in [-0.1, -0.05) is 6.07 Å². The standard InChI is InChI=1S/C17H21N5O/c1-20-10-14(9-19-20)11-21-7-5-17(12-21)8-16(23)22(13-17)15-4-2-3-6-18-15/h2-4,6,9-10H,5,7-8,11-13H2,1H3/t17-/m0/s1. The van der Waals surface area contributed by atoms with Gasteiger partial charge in [-0.15, -0.1) is 0 Å². The molecule has 1 spiro atoms. The van der Waals surface area contributed by atoms with Crippen LogP contribution in [0.4, 0.5) is 5.82 Å². The number of aromatic nitrogens is 3. The molecule has 2 aliphatic rings. The van der Waals surface area contributed by atoms with Gasteiger partial charge >= 0.3 is 0 Å². The van der Waals surface area contributed by atoms with E-state index in [4.69, 9.17) is 0 Å². The van der Waals surface area contributed by atoms with Crippen LogP contribution < -0.4 is 4.90 Å². The molecule has 2 fully saturated rings.